The molecule has 0 saturated heterocycles. The lowest BCUT2D eigenvalue weighted by atomic mass is 10.2. The van der Waals surface area contributed by atoms with Gasteiger partial charge in [-0.05, 0) is 19.9 Å². The van der Waals surface area contributed by atoms with Gasteiger partial charge >= 0.3 is 5.97 Å². The van der Waals surface area contributed by atoms with Crippen molar-refractivity contribution < 1.29 is 14.3 Å². The summed E-state index contributed by atoms with van der Waals surface area (Å²) in [6, 6.07) is 1.71. The molecule has 0 saturated carbocycles. The zero-order valence-corrected chi connectivity index (χ0v) is 6.84. The van der Waals surface area contributed by atoms with Crippen molar-refractivity contribution in [2.24, 2.45) is 0 Å². The van der Waals surface area contributed by atoms with Crippen molar-refractivity contribution in [2.75, 3.05) is 0 Å². The number of hydrogen-bond acceptors (Lipinski definition) is 2. The lowest BCUT2D eigenvalue weighted by Crippen LogP contribution is -1.86. The van der Waals surface area contributed by atoms with Crippen molar-refractivity contribution in [1.82, 2.24) is 0 Å². The molecule has 1 heterocycles. The Morgan fingerprint density at radius 2 is 2.25 bits per heavy atom. The molecule has 0 aliphatic rings. The fourth-order valence-corrected chi connectivity index (χ4v) is 0.876. The van der Waals surface area contributed by atoms with E-state index < -0.39 is 5.97 Å². The van der Waals surface area contributed by atoms with Crippen molar-refractivity contribution in [1.29, 1.82) is 0 Å². The average molecular weight is 164 g/mol. The predicted octanol–water partition coefficient (Wildman–Crippen LogP) is 1.33. The van der Waals surface area contributed by atoms with Crippen molar-refractivity contribution in [3.63, 3.8) is 0 Å². The third-order valence-electron chi connectivity index (χ3n) is 1.35. The Labute approximate surface area is 70.0 Å². The smallest absolute Gasteiger partial charge is 0.382 e. The number of hydrogen-bond donors (Lipinski definition) is 1. The molecule has 0 spiro atoms. The molecule has 62 valence electrons. The molecule has 1 N–H and O–H groups in total. The van der Waals surface area contributed by atoms with Gasteiger partial charge in [-0.1, -0.05) is 5.92 Å². The molecule has 12 heavy (non-hydrogen) atoms. The molecule has 0 fully saturated rings. The zero-order valence-electron chi connectivity index (χ0n) is 6.84. The Hall–Kier alpha value is -1.69. The monoisotopic (exact) mass is 164 g/mol. The average Bonchev–Trinajstić information content (AvgIpc) is 2.26. The summed E-state index contributed by atoms with van der Waals surface area (Å²) in [6.45, 7) is 3.54. The van der Waals surface area contributed by atoms with Gasteiger partial charge in [0.25, 0.3) is 0 Å². The van der Waals surface area contributed by atoms with E-state index in [-0.39, 0.29) is 0 Å². The number of aryl methyl sites for hydroxylation is 2. The van der Waals surface area contributed by atoms with E-state index in [2.05, 4.69) is 5.92 Å². The summed E-state index contributed by atoms with van der Waals surface area (Å²) in [5, 5.41) is 8.27. The van der Waals surface area contributed by atoms with Crippen LogP contribution in [0.2, 0.25) is 0 Å². The van der Waals surface area contributed by atoms with Crippen LogP contribution < -0.4 is 0 Å². The first-order valence-electron chi connectivity index (χ1n) is 3.41. The van der Waals surface area contributed by atoms with Crippen molar-refractivity contribution in [3.05, 3.63) is 23.2 Å². The molecule has 0 unspecified atom stereocenters. The van der Waals surface area contributed by atoms with E-state index in [1.807, 2.05) is 5.92 Å². The molecule has 1 aromatic heterocycles. The second-order valence-electron chi connectivity index (χ2n) is 2.38. The SMILES string of the molecule is Cc1cc(C#CC(=O)O)c(C)o1. The van der Waals surface area contributed by atoms with Crippen LogP contribution in [0.25, 0.3) is 0 Å². The van der Waals surface area contributed by atoms with Crippen LogP contribution in [0.4, 0.5) is 0 Å². The molecule has 0 aliphatic heterocycles. The Kier molecular flexibility index (Phi) is 2.20. The summed E-state index contributed by atoms with van der Waals surface area (Å²) < 4.78 is 5.15. The highest BCUT2D eigenvalue weighted by Crippen LogP contribution is 2.11. The van der Waals surface area contributed by atoms with Crippen LogP contribution in [-0.2, 0) is 4.79 Å². The molecule has 1 rings (SSSR count). The maximum absolute atomic E-state index is 10.1. The Balaban J connectivity index is 2.98. The van der Waals surface area contributed by atoms with Gasteiger partial charge in [0.2, 0.25) is 0 Å². The standard InChI is InChI=1S/C9H8O3/c1-6-5-8(7(2)12-6)3-4-9(10)11/h5H,1-2H3,(H,10,11). The van der Waals surface area contributed by atoms with Crippen LogP contribution >= 0.6 is 0 Å². The van der Waals surface area contributed by atoms with E-state index in [0.717, 1.165) is 5.76 Å². The van der Waals surface area contributed by atoms with Crippen molar-refractivity contribution in [2.45, 2.75) is 13.8 Å². The van der Waals surface area contributed by atoms with E-state index in [4.69, 9.17) is 9.52 Å². The van der Waals surface area contributed by atoms with Gasteiger partial charge in [0.1, 0.15) is 11.5 Å². The van der Waals surface area contributed by atoms with Gasteiger partial charge in [0.05, 0.1) is 5.56 Å². The maximum atomic E-state index is 10.1. The predicted molar refractivity (Wildman–Crippen MR) is 42.7 cm³/mol. The van der Waals surface area contributed by atoms with Gasteiger partial charge in [-0.3, -0.25) is 0 Å². The van der Waals surface area contributed by atoms with Gasteiger partial charge in [0, 0.05) is 5.92 Å². The van der Waals surface area contributed by atoms with Gasteiger partial charge < -0.3 is 9.52 Å². The molecule has 0 aromatic carbocycles. The molecular formula is C9H8O3. The lowest BCUT2D eigenvalue weighted by Gasteiger charge is -1.81. The number of carboxylic acids is 1. The molecule has 0 atom stereocenters. The number of carbonyl (C=O) groups is 1. The van der Waals surface area contributed by atoms with E-state index >= 15 is 0 Å². The normalized spacial score (nSPS) is 8.83. The minimum Gasteiger partial charge on any atom is -0.472 e. The highest BCUT2D eigenvalue weighted by atomic mass is 16.4. The van der Waals surface area contributed by atoms with E-state index in [9.17, 15) is 4.79 Å². The van der Waals surface area contributed by atoms with Crippen LogP contribution in [0.15, 0.2) is 10.5 Å². The molecule has 0 aliphatic carbocycles. The van der Waals surface area contributed by atoms with Crippen LogP contribution in [0.3, 0.4) is 0 Å². The van der Waals surface area contributed by atoms with Crippen LogP contribution in [0.5, 0.6) is 0 Å². The Morgan fingerprint density at radius 3 is 2.67 bits per heavy atom. The first kappa shape index (κ1) is 8.41. The second-order valence-corrected chi connectivity index (χ2v) is 2.38. The van der Waals surface area contributed by atoms with Gasteiger partial charge in [-0.25, -0.2) is 4.79 Å². The van der Waals surface area contributed by atoms with Crippen LogP contribution in [0, 0.1) is 25.7 Å². The summed E-state index contributed by atoms with van der Waals surface area (Å²) in [6.07, 6.45) is 0. The largest absolute Gasteiger partial charge is 0.472 e. The van der Waals surface area contributed by atoms with E-state index in [1.54, 1.807) is 19.9 Å². The molecule has 3 nitrogen and oxygen atoms in total. The topological polar surface area (TPSA) is 50.4 Å². The maximum Gasteiger partial charge on any atom is 0.382 e. The molecule has 0 radical (unpaired) electrons. The third kappa shape index (κ3) is 1.89. The Morgan fingerprint density at radius 1 is 1.58 bits per heavy atom. The minimum absolute atomic E-state index is 0.634. The molecule has 3 heteroatoms. The second kappa shape index (κ2) is 3.14. The Bertz CT molecular complexity index is 363. The molecular weight excluding hydrogens is 156 g/mol. The van der Waals surface area contributed by atoms with Gasteiger partial charge in [-0.2, -0.15) is 0 Å². The lowest BCUT2D eigenvalue weighted by molar-refractivity contribution is -0.130. The minimum atomic E-state index is -1.13. The van der Waals surface area contributed by atoms with Gasteiger partial charge in [0.15, 0.2) is 0 Å². The van der Waals surface area contributed by atoms with E-state index in [1.165, 1.54) is 0 Å². The molecule has 1 aromatic rings. The summed E-state index contributed by atoms with van der Waals surface area (Å²) in [5.41, 5.74) is 0.634. The van der Waals surface area contributed by atoms with E-state index in [0.29, 0.717) is 11.3 Å². The summed E-state index contributed by atoms with van der Waals surface area (Å²) in [7, 11) is 0. The number of rotatable bonds is 0. The number of furan rings is 1. The first-order chi connectivity index (χ1) is 5.59. The summed E-state index contributed by atoms with van der Waals surface area (Å²) in [4.78, 5) is 10.1. The summed E-state index contributed by atoms with van der Waals surface area (Å²) >= 11 is 0. The summed E-state index contributed by atoms with van der Waals surface area (Å²) in [5.74, 6) is 4.77. The van der Waals surface area contributed by atoms with Crippen molar-refractivity contribution in [3.8, 4) is 11.8 Å². The number of carboxylic acid groups (broad SMARTS) is 1. The number of aliphatic carboxylic acids is 1. The zero-order chi connectivity index (χ0) is 9.14. The quantitative estimate of drug-likeness (QED) is 0.588. The van der Waals surface area contributed by atoms with Gasteiger partial charge in [-0.15, -0.1) is 0 Å². The fraction of sp³-hybridized carbons (Fsp3) is 0.222. The first-order valence-corrected chi connectivity index (χ1v) is 3.41. The third-order valence-corrected chi connectivity index (χ3v) is 1.35. The highest BCUT2D eigenvalue weighted by Gasteiger charge is 2.00. The van der Waals surface area contributed by atoms with Crippen molar-refractivity contribution >= 4 is 5.97 Å². The highest BCUT2D eigenvalue weighted by molar-refractivity contribution is 5.87. The van der Waals surface area contributed by atoms with Crippen LogP contribution in [0.1, 0.15) is 17.1 Å². The van der Waals surface area contributed by atoms with Crippen LogP contribution in [-0.4, -0.2) is 11.1 Å². The fourth-order valence-electron chi connectivity index (χ4n) is 0.876. The molecule has 0 amide bonds. The molecule has 0 bridgehead atoms.